The Morgan fingerprint density at radius 2 is 2.05 bits per heavy atom. The maximum atomic E-state index is 12.7. The molecule has 20 heavy (non-hydrogen) atoms. The van der Waals surface area contributed by atoms with Gasteiger partial charge in [-0.3, -0.25) is 4.79 Å². The zero-order valence-corrected chi connectivity index (χ0v) is 10.2. The standard InChI is InChI=1S/C12H11F3N4O/c13-12(14,15)10-2-1-9(3-7(10)4-16)19-6-8(5-18-19)11(17)20/h1-3,5-6H,4,16H2,(H2,17,20). The molecule has 0 bridgehead atoms. The Hall–Kier alpha value is -2.35. The number of alkyl halides is 3. The molecule has 0 atom stereocenters. The van der Waals surface area contributed by atoms with E-state index >= 15 is 0 Å². The number of amides is 1. The van der Waals surface area contributed by atoms with E-state index in [1.165, 1.54) is 29.2 Å². The first-order chi connectivity index (χ1) is 9.32. The zero-order valence-electron chi connectivity index (χ0n) is 10.2. The lowest BCUT2D eigenvalue weighted by Crippen LogP contribution is -2.13. The van der Waals surface area contributed by atoms with Gasteiger partial charge in [0.25, 0.3) is 5.91 Å². The fourth-order valence-electron chi connectivity index (χ4n) is 1.76. The van der Waals surface area contributed by atoms with Crippen molar-refractivity contribution in [3.63, 3.8) is 0 Å². The molecule has 106 valence electrons. The molecule has 0 saturated heterocycles. The Morgan fingerprint density at radius 3 is 2.55 bits per heavy atom. The number of halogens is 3. The third kappa shape index (κ3) is 2.64. The summed E-state index contributed by atoms with van der Waals surface area (Å²) in [4.78, 5) is 11.0. The van der Waals surface area contributed by atoms with E-state index in [0.29, 0.717) is 5.69 Å². The number of nitrogens with two attached hydrogens (primary N) is 2. The van der Waals surface area contributed by atoms with Gasteiger partial charge in [-0.2, -0.15) is 18.3 Å². The lowest BCUT2D eigenvalue weighted by molar-refractivity contribution is -0.138. The Morgan fingerprint density at radius 1 is 1.35 bits per heavy atom. The molecule has 2 aromatic rings. The topological polar surface area (TPSA) is 86.9 Å². The molecule has 5 nitrogen and oxygen atoms in total. The average molecular weight is 284 g/mol. The average Bonchev–Trinajstić information content (AvgIpc) is 2.86. The van der Waals surface area contributed by atoms with Crippen LogP contribution in [-0.4, -0.2) is 15.7 Å². The van der Waals surface area contributed by atoms with Crippen molar-refractivity contribution in [2.75, 3.05) is 0 Å². The van der Waals surface area contributed by atoms with Gasteiger partial charge in [0.2, 0.25) is 0 Å². The van der Waals surface area contributed by atoms with Crippen molar-refractivity contribution < 1.29 is 18.0 Å². The Labute approximate surface area is 112 Å². The predicted octanol–water partition coefficient (Wildman–Crippen LogP) is 1.45. The summed E-state index contributed by atoms with van der Waals surface area (Å²) in [6.45, 7) is -0.257. The van der Waals surface area contributed by atoms with Crippen LogP contribution in [0.25, 0.3) is 5.69 Å². The minimum atomic E-state index is -4.46. The lowest BCUT2D eigenvalue weighted by Gasteiger charge is -2.13. The van der Waals surface area contributed by atoms with Gasteiger partial charge in [-0.1, -0.05) is 0 Å². The summed E-state index contributed by atoms with van der Waals surface area (Å²) in [5.74, 6) is -0.665. The Balaban J connectivity index is 2.46. The summed E-state index contributed by atoms with van der Waals surface area (Å²) < 4.78 is 39.5. The van der Waals surface area contributed by atoms with Crippen molar-refractivity contribution in [1.82, 2.24) is 9.78 Å². The molecule has 0 fully saturated rings. The van der Waals surface area contributed by atoms with E-state index in [1.807, 2.05) is 0 Å². The van der Waals surface area contributed by atoms with Crippen LogP contribution in [0.2, 0.25) is 0 Å². The zero-order chi connectivity index (χ0) is 14.9. The summed E-state index contributed by atoms with van der Waals surface area (Å²) >= 11 is 0. The van der Waals surface area contributed by atoms with Gasteiger partial charge in [0.15, 0.2) is 0 Å². The van der Waals surface area contributed by atoms with Gasteiger partial charge in [-0.25, -0.2) is 4.68 Å². The number of carbonyl (C=O) groups is 1. The van der Waals surface area contributed by atoms with E-state index in [1.54, 1.807) is 0 Å². The van der Waals surface area contributed by atoms with Crippen LogP contribution >= 0.6 is 0 Å². The van der Waals surface area contributed by atoms with Crippen molar-refractivity contribution in [2.45, 2.75) is 12.7 Å². The third-order valence-corrected chi connectivity index (χ3v) is 2.75. The molecule has 1 heterocycles. The van der Waals surface area contributed by atoms with Crippen molar-refractivity contribution in [3.05, 3.63) is 47.3 Å². The second-order valence-corrected chi connectivity index (χ2v) is 4.08. The summed E-state index contributed by atoms with van der Waals surface area (Å²) in [6.07, 6.45) is -1.89. The highest BCUT2D eigenvalue weighted by Crippen LogP contribution is 2.32. The minimum Gasteiger partial charge on any atom is -0.366 e. The van der Waals surface area contributed by atoms with Crippen LogP contribution in [0.1, 0.15) is 21.5 Å². The van der Waals surface area contributed by atoms with Crippen LogP contribution in [0.4, 0.5) is 13.2 Å². The molecule has 2 rings (SSSR count). The summed E-state index contributed by atoms with van der Waals surface area (Å²) in [7, 11) is 0. The van der Waals surface area contributed by atoms with E-state index in [0.717, 1.165) is 6.07 Å². The third-order valence-electron chi connectivity index (χ3n) is 2.75. The first kappa shape index (κ1) is 14.1. The molecule has 0 saturated carbocycles. The number of benzene rings is 1. The van der Waals surface area contributed by atoms with Gasteiger partial charge in [0, 0.05) is 12.7 Å². The fraction of sp³-hybridized carbons (Fsp3) is 0.167. The van der Waals surface area contributed by atoms with Gasteiger partial charge in [-0.05, 0) is 23.8 Å². The highest BCUT2D eigenvalue weighted by Gasteiger charge is 2.33. The van der Waals surface area contributed by atoms with Crippen molar-refractivity contribution in [1.29, 1.82) is 0 Å². The molecule has 4 N–H and O–H groups in total. The lowest BCUT2D eigenvalue weighted by atomic mass is 10.1. The Kier molecular flexibility index (Phi) is 3.49. The molecule has 0 radical (unpaired) electrons. The first-order valence-corrected chi connectivity index (χ1v) is 5.58. The molecule has 1 amide bonds. The van der Waals surface area contributed by atoms with E-state index in [9.17, 15) is 18.0 Å². The molecule has 0 aliphatic heterocycles. The molecule has 0 aliphatic rings. The fourth-order valence-corrected chi connectivity index (χ4v) is 1.76. The van der Waals surface area contributed by atoms with Crippen LogP contribution in [-0.2, 0) is 12.7 Å². The number of hydrogen-bond donors (Lipinski definition) is 2. The van der Waals surface area contributed by atoms with E-state index in [4.69, 9.17) is 11.5 Å². The molecule has 0 spiro atoms. The second-order valence-electron chi connectivity index (χ2n) is 4.08. The quantitative estimate of drug-likeness (QED) is 0.894. The normalized spacial score (nSPS) is 11.6. The van der Waals surface area contributed by atoms with Crippen LogP contribution < -0.4 is 11.5 Å². The van der Waals surface area contributed by atoms with Crippen molar-refractivity contribution >= 4 is 5.91 Å². The molecular formula is C12H11F3N4O. The monoisotopic (exact) mass is 284 g/mol. The van der Waals surface area contributed by atoms with Crippen molar-refractivity contribution in [2.24, 2.45) is 11.5 Å². The maximum Gasteiger partial charge on any atom is 0.416 e. The summed E-state index contributed by atoms with van der Waals surface area (Å²) in [6, 6.07) is 3.46. The van der Waals surface area contributed by atoms with Crippen LogP contribution in [0.5, 0.6) is 0 Å². The molecule has 1 aromatic heterocycles. The Bertz CT molecular complexity index is 648. The highest BCUT2D eigenvalue weighted by molar-refractivity contribution is 5.92. The molecule has 8 heteroatoms. The molecule has 1 aromatic carbocycles. The minimum absolute atomic E-state index is 0.0499. The number of rotatable bonds is 3. The van der Waals surface area contributed by atoms with Gasteiger partial charge >= 0.3 is 6.18 Å². The van der Waals surface area contributed by atoms with E-state index < -0.39 is 17.6 Å². The number of aromatic nitrogens is 2. The summed E-state index contributed by atoms with van der Waals surface area (Å²) in [5, 5.41) is 3.87. The first-order valence-electron chi connectivity index (χ1n) is 5.58. The van der Waals surface area contributed by atoms with E-state index in [2.05, 4.69) is 5.10 Å². The number of nitrogens with zero attached hydrogens (tertiary/aromatic N) is 2. The van der Waals surface area contributed by atoms with Crippen molar-refractivity contribution in [3.8, 4) is 5.69 Å². The number of carbonyl (C=O) groups excluding carboxylic acids is 1. The second kappa shape index (κ2) is 4.97. The van der Waals surface area contributed by atoms with Crippen LogP contribution in [0.15, 0.2) is 30.6 Å². The number of hydrogen-bond acceptors (Lipinski definition) is 3. The maximum absolute atomic E-state index is 12.7. The van der Waals surface area contributed by atoms with Crippen LogP contribution in [0, 0.1) is 0 Å². The molecule has 0 unspecified atom stereocenters. The van der Waals surface area contributed by atoms with Gasteiger partial charge in [0.1, 0.15) is 0 Å². The van der Waals surface area contributed by atoms with Gasteiger partial charge in [-0.15, -0.1) is 0 Å². The SMILES string of the molecule is NCc1cc(-n2cc(C(N)=O)cn2)ccc1C(F)(F)F. The van der Waals surface area contributed by atoms with Crippen LogP contribution in [0.3, 0.4) is 0 Å². The number of primary amides is 1. The summed E-state index contributed by atoms with van der Waals surface area (Å²) in [5.41, 5.74) is 10.1. The highest BCUT2D eigenvalue weighted by atomic mass is 19.4. The van der Waals surface area contributed by atoms with E-state index in [-0.39, 0.29) is 17.7 Å². The molecule has 0 aliphatic carbocycles. The largest absolute Gasteiger partial charge is 0.416 e. The molecular weight excluding hydrogens is 273 g/mol. The van der Waals surface area contributed by atoms with Gasteiger partial charge in [0.05, 0.1) is 23.0 Å². The predicted molar refractivity (Wildman–Crippen MR) is 65.0 cm³/mol. The smallest absolute Gasteiger partial charge is 0.366 e. The van der Waals surface area contributed by atoms with Gasteiger partial charge < -0.3 is 11.5 Å².